The van der Waals surface area contributed by atoms with E-state index < -0.39 is 19.5 Å². The lowest BCUT2D eigenvalue weighted by molar-refractivity contribution is -0.465. The maximum atomic E-state index is 11.1. The van der Waals surface area contributed by atoms with Crippen molar-refractivity contribution in [1.82, 2.24) is 0 Å². The van der Waals surface area contributed by atoms with Crippen LogP contribution in [-0.2, 0) is 25.5 Å². The average molecular weight is 563 g/mol. The maximum Gasteiger partial charge on any atom is 0.184 e. The van der Waals surface area contributed by atoms with Crippen LogP contribution in [-0.4, -0.2) is 40.9 Å². The first-order valence-electron chi connectivity index (χ1n) is 13.1. The number of carbonyl (C=O) groups excluding carboxylic acids is 1. The molecule has 2 atom stereocenters. The van der Waals surface area contributed by atoms with E-state index in [-0.39, 0.29) is 17.4 Å². The summed E-state index contributed by atoms with van der Waals surface area (Å²) in [7, 11) is -1.65. The quantitative estimate of drug-likeness (QED) is 0.0745. The fraction of sp³-hybridized carbons (Fsp3) is 0.516. The molecule has 0 aromatic heterocycles. The Morgan fingerprint density at radius 2 is 1.15 bits per heavy atom. The molecule has 0 spiro atoms. The van der Waals surface area contributed by atoms with Crippen molar-refractivity contribution in [3.63, 3.8) is 0 Å². The Hall–Kier alpha value is -2.17. The Balaban J connectivity index is 0.000000685. The number of aliphatic hydroxyl groups is 2. The monoisotopic (exact) mass is 562 g/mol. The molecule has 39 heavy (non-hydrogen) atoms. The summed E-state index contributed by atoms with van der Waals surface area (Å²) in [6.45, 7) is 20.6. The Morgan fingerprint density at radius 3 is 1.46 bits per heavy atom. The number of hydrogen-bond donors (Lipinski definition) is 4. The largest absolute Gasteiger partial charge is 0.413 e. The Kier molecular flexibility index (Phi) is 15.3. The van der Waals surface area contributed by atoms with Crippen LogP contribution in [0.4, 0.5) is 0 Å². The highest BCUT2D eigenvalue weighted by atomic mass is 28.4. The third kappa shape index (κ3) is 15.3. The van der Waals surface area contributed by atoms with Crippen LogP contribution < -0.4 is 0 Å². The van der Waals surface area contributed by atoms with Gasteiger partial charge in [-0.15, -0.1) is 6.58 Å². The van der Waals surface area contributed by atoms with Crippen LogP contribution in [0.15, 0.2) is 73.3 Å². The van der Waals surface area contributed by atoms with Gasteiger partial charge in [-0.2, -0.15) is 0 Å². The highest BCUT2D eigenvalue weighted by molar-refractivity contribution is 6.69. The lowest BCUT2D eigenvalue weighted by atomic mass is 9.77. The molecule has 0 amide bonds. The van der Waals surface area contributed by atoms with Crippen LogP contribution in [0.2, 0.25) is 19.6 Å². The van der Waals surface area contributed by atoms with Crippen molar-refractivity contribution in [2.45, 2.75) is 96.7 Å². The summed E-state index contributed by atoms with van der Waals surface area (Å²) in [5, 5.41) is 37.2. The van der Waals surface area contributed by atoms with Gasteiger partial charge < -0.3 is 19.4 Å². The maximum absolute atomic E-state index is 11.1. The SMILES string of the molecule is C=CC[C@](O)(CC(C)(C)O[Si](C)(C)C)c1ccccc1.CC(C)(C)C[C@@](O)(CC=O)c1ccccc1.OOO. The molecule has 2 aromatic rings. The van der Waals surface area contributed by atoms with Crippen LogP contribution in [0.5, 0.6) is 0 Å². The van der Waals surface area contributed by atoms with Crippen molar-refractivity contribution in [2.75, 3.05) is 0 Å². The summed E-state index contributed by atoms with van der Waals surface area (Å²) in [5.41, 5.74) is -0.608. The molecule has 0 saturated carbocycles. The Bertz CT molecular complexity index is 952. The van der Waals surface area contributed by atoms with E-state index in [9.17, 15) is 15.0 Å². The number of carbonyl (C=O) groups is 1. The molecule has 0 bridgehead atoms. The number of benzene rings is 2. The van der Waals surface area contributed by atoms with Crippen LogP contribution >= 0.6 is 0 Å². The van der Waals surface area contributed by atoms with E-state index >= 15 is 0 Å². The van der Waals surface area contributed by atoms with Crippen molar-refractivity contribution < 1.29 is 35.0 Å². The van der Waals surface area contributed by atoms with Gasteiger partial charge in [-0.05, 0) is 62.9 Å². The first kappa shape index (κ1) is 36.8. The molecule has 0 aliphatic rings. The van der Waals surface area contributed by atoms with E-state index in [0.717, 1.165) is 17.4 Å². The molecule has 7 nitrogen and oxygen atoms in total. The van der Waals surface area contributed by atoms with E-state index in [1.54, 1.807) is 6.08 Å². The molecule has 8 heteroatoms. The molecule has 220 valence electrons. The van der Waals surface area contributed by atoms with Gasteiger partial charge in [0.2, 0.25) is 0 Å². The van der Waals surface area contributed by atoms with Gasteiger partial charge in [0, 0.05) is 12.8 Å². The molecule has 2 rings (SSSR count). The van der Waals surface area contributed by atoms with Crippen LogP contribution in [0.25, 0.3) is 0 Å². The van der Waals surface area contributed by atoms with E-state index in [0.29, 0.717) is 19.3 Å². The van der Waals surface area contributed by atoms with Gasteiger partial charge in [0.25, 0.3) is 0 Å². The predicted molar refractivity (Wildman–Crippen MR) is 160 cm³/mol. The molecule has 0 unspecified atom stereocenters. The normalized spacial score (nSPS) is 14.9. The molecule has 0 aliphatic heterocycles. The smallest absolute Gasteiger partial charge is 0.184 e. The zero-order chi connectivity index (χ0) is 30.4. The van der Waals surface area contributed by atoms with Gasteiger partial charge in [-0.25, -0.2) is 10.5 Å². The van der Waals surface area contributed by atoms with E-state index in [1.165, 1.54) is 0 Å². The molecular formula is C31H50O7Si. The van der Waals surface area contributed by atoms with Gasteiger partial charge >= 0.3 is 0 Å². The fourth-order valence-electron chi connectivity index (χ4n) is 4.90. The minimum atomic E-state index is -1.65. The predicted octanol–water partition coefficient (Wildman–Crippen LogP) is 7.32. The zero-order valence-corrected chi connectivity index (χ0v) is 26.0. The third-order valence-corrected chi connectivity index (χ3v) is 6.81. The molecule has 4 N–H and O–H groups in total. The van der Waals surface area contributed by atoms with E-state index in [1.807, 2.05) is 60.7 Å². The van der Waals surface area contributed by atoms with E-state index in [4.69, 9.17) is 14.9 Å². The lowest BCUT2D eigenvalue weighted by Gasteiger charge is -2.40. The molecule has 0 saturated heterocycles. The molecule has 0 radical (unpaired) electrons. The average Bonchev–Trinajstić information content (AvgIpc) is 2.78. The summed E-state index contributed by atoms with van der Waals surface area (Å²) < 4.78 is 6.23. The van der Waals surface area contributed by atoms with Gasteiger partial charge in [-0.1, -0.05) is 92.5 Å². The van der Waals surface area contributed by atoms with Gasteiger partial charge in [0.1, 0.15) is 6.29 Å². The number of hydrogen-bond acceptors (Lipinski definition) is 7. The lowest BCUT2D eigenvalue weighted by Crippen LogP contribution is -2.43. The second-order valence-electron chi connectivity index (χ2n) is 12.6. The summed E-state index contributed by atoms with van der Waals surface area (Å²) in [6.07, 6.45) is 4.36. The topological polar surface area (TPSA) is 116 Å². The molecular weight excluding hydrogens is 512 g/mol. The fourth-order valence-corrected chi connectivity index (χ4v) is 6.63. The molecule has 0 fully saturated rings. The summed E-state index contributed by atoms with van der Waals surface area (Å²) in [6, 6.07) is 19.2. The number of aldehydes is 1. The highest BCUT2D eigenvalue weighted by Crippen LogP contribution is 2.37. The second-order valence-corrected chi connectivity index (χ2v) is 17.1. The van der Waals surface area contributed by atoms with Crippen LogP contribution in [0, 0.1) is 5.41 Å². The first-order chi connectivity index (χ1) is 17.9. The molecule has 0 heterocycles. The van der Waals surface area contributed by atoms with Gasteiger partial charge in [0.05, 0.1) is 16.8 Å². The minimum Gasteiger partial charge on any atom is -0.413 e. The van der Waals surface area contributed by atoms with Crippen molar-refractivity contribution >= 4 is 14.6 Å². The molecule has 0 aliphatic carbocycles. The standard InChI is InChI=1S/C17H28O2Si.C14H20O2.H2O3/c1-7-13-17(18,15-11-9-8-10-12-15)14-16(2,3)19-20(4,5)6;1-13(2,3)11-14(16,9-10-15)12-7-5-4-6-8-12;1-3-2/h7-12,18H,1,13-14H2,2-6H3;4-8,10,16H,9,11H2,1-3H3;1-2H/t17-;14-;/m00./s1. The summed E-state index contributed by atoms with van der Waals surface area (Å²) >= 11 is 0. The van der Waals surface area contributed by atoms with Gasteiger partial charge in [-0.3, -0.25) is 0 Å². The van der Waals surface area contributed by atoms with E-state index in [2.05, 4.69) is 65.9 Å². The van der Waals surface area contributed by atoms with Crippen molar-refractivity contribution in [3.8, 4) is 0 Å². The molecule has 2 aromatic carbocycles. The Morgan fingerprint density at radius 1 is 0.769 bits per heavy atom. The minimum absolute atomic E-state index is 0.0202. The van der Waals surface area contributed by atoms with Crippen molar-refractivity contribution in [2.24, 2.45) is 5.41 Å². The summed E-state index contributed by atoms with van der Waals surface area (Å²) in [5.74, 6) is 0. The first-order valence-corrected chi connectivity index (χ1v) is 16.5. The summed E-state index contributed by atoms with van der Waals surface area (Å²) in [4.78, 5) is 10.7. The van der Waals surface area contributed by atoms with Crippen LogP contribution in [0.1, 0.15) is 71.4 Å². The zero-order valence-electron chi connectivity index (χ0n) is 25.0. The second kappa shape index (κ2) is 16.2. The van der Waals surface area contributed by atoms with Crippen molar-refractivity contribution in [3.05, 3.63) is 84.4 Å². The van der Waals surface area contributed by atoms with Crippen LogP contribution in [0.3, 0.4) is 0 Å². The number of rotatable bonds is 11. The third-order valence-electron chi connectivity index (χ3n) is 5.65. The van der Waals surface area contributed by atoms with Gasteiger partial charge in [0.15, 0.2) is 8.32 Å². The Labute approximate surface area is 236 Å². The van der Waals surface area contributed by atoms with Crippen molar-refractivity contribution in [1.29, 1.82) is 0 Å². The highest BCUT2D eigenvalue weighted by Gasteiger charge is 2.38.